The summed E-state index contributed by atoms with van der Waals surface area (Å²) in [4.78, 5) is 0.0846. The number of rotatable bonds is 6. The van der Waals surface area contributed by atoms with Crippen LogP contribution in [-0.4, -0.2) is 15.0 Å². The summed E-state index contributed by atoms with van der Waals surface area (Å²) in [5.74, 6) is 6.02. The number of para-hydroxylation sites is 1. The number of nitrogens with two attached hydrogens (primary N) is 1. The number of sulfonamides is 1. The molecule has 0 aliphatic heterocycles. The van der Waals surface area contributed by atoms with Crippen LogP contribution in [0.4, 0.5) is 11.4 Å². The largest absolute Gasteiger partial charge is 0.494 e. The number of benzene rings is 2. The first kappa shape index (κ1) is 15.1. The second kappa shape index (κ2) is 6.47. The van der Waals surface area contributed by atoms with E-state index in [2.05, 4.69) is 10.1 Å². The molecule has 2 aromatic carbocycles. The quantitative estimate of drug-likeness (QED) is 0.562. The van der Waals surface area contributed by atoms with Crippen LogP contribution < -0.4 is 20.7 Å². The van der Waals surface area contributed by atoms with Crippen molar-refractivity contribution in [2.24, 2.45) is 5.84 Å². The Morgan fingerprint density at radius 2 is 1.76 bits per heavy atom. The molecule has 0 aliphatic carbocycles. The predicted molar refractivity (Wildman–Crippen MR) is 82.7 cm³/mol. The van der Waals surface area contributed by atoms with Crippen LogP contribution in [0.15, 0.2) is 53.4 Å². The fourth-order valence-electron chi connectivity index (χ4n) is 1.82. The second-order valence-corrected chi connectivity index (χ2v) is 5.85. The van der Waals surface area contributed by atoms with Crippen molar-refractivity contribution in [3.8, 4) is 5.75 Å². The summed E-state index contributed by atoms with van der Waals surface area (Å²) < 4.78 is 32.5. The van der Waals surface area contributed by atoms with Gasteiger partial charge in [0.15, 0.2) is 0 Å². The van der Waals surface area contributed by atoms with Gasteiger partial charge in [0.1, 0.15) is 10.6 Å². The molecule has 0 bridgehead atoms. The summed E-state index contributed by atoms with van der Waals surface area (Å²) >= 11 is 0. The highest BCUT2D eigenvalue weighted by Gasteiger charge is 2.17. The number of ether oxygens (including phenoxy) is 1. The molecule has 0 radical (unpaired) electrons. The van der Waals surface area contributed by atoms with Gasteiger partial charge in [-0.2, -0.15) is 0 Å². The van der Waals surface area contributed by atoms with Crippen molar-refractivity contribution in [3.05, 3.63) is 48.5 Å². The van der Waals surface area contributed by atoms with Crippen LogP contribution >= 0.6 is 0 Å². The lowest BCUT2D eigenvalue weighted by Gasteiger charge is -2.12. The zero-order chi connectivity index (χ0) is 15.3. The van der Waals surface area contributed by atoms with E-state index in [9.17, 15) is 8.42 Å². The molecule has 0 atom stereocenters. The van der Waals surface area contributed by atoms with Gasteiger partial charge in [0.2, 0.25) is 0 Å². The third-order valence-corrected chi connectivity index (χ3v) is 4.19. The van der Waals surface area contributed by atoms with Crippen LogP contribution in [0, 0.1) is 0 Å². The molecule has 0 amide bonds. The van der Waals surface area contributed by atoms with Crippen LogP contribution in [0.3, 0.4) is 0 Å². The third-order valence-electron chi connectivity index (χ3n) is 2.75. The zero-order valence-corrected chi connectivity index (χ0v) is 12.4. The van der Waals surface area contributed by atoms with Gasteiger partial charge in [0.25, 0.3) is 10.0 Å². The highest BCUT2D eigenvalue weighted by Crippen LogP contribution is 2.23. The monoisotopic (exact) mass is 307 g/mol. The minimum Gasteiger partial charge on any atom is -0.494 e. The van der Waals surface area contributed by atoms with Crippen molar-refractivity contribution in [1.29, 1.82) is 0 Å². The molecule has 6 nitrogen and oxygen atoms in total. The molecule has 0 saturated heterocycles. The lowest BCUT2D eigenvalue weighted by molar-refractivity contribution is 0.340. The van der Waals surface area contributed by atoms with Gasteiger partial charge < -0.3 is 10.2 Å². The van der Waals surface area contributed by atoms with E-state index < -0.39 is 10.0 Å². The number of hydrogen-bond acceptors (Lipinski definition) is 5. The Balaban J connectivity index is 2.24. The molecule has 112 valence electrons. The minimum atomic E-state index is -3.71. The van der Waals surface area contributed by atoms with Crippen molar-refractivity contribution in [2.75, 3.05) is 16.8 Å². The van der Waals surface area contributed by atoms with E-state index >= 15 is 0 Å². The maximum atomic E-state index is 12.4. The standard InChI is InChI=1S/C14H17N3O3S/c1-2-20-12-9-7-11(8-10-12)17-21(18,19)14-6-4-3-5-13(14)16-15/h3-10,16-17H,2,15H2,1H3. The minimum absolute atomic E-state index is 0.0846. The Morgan fingerprint density at radius 3 is 2.38 bits per heavy atom. The Kier molecular flexibility index (Phi) is 4.66. The van der Waals surface area contributed by atoms with Crippen molar-refractivity contribution < 1.29 is 13.2 Å². The lowest BCUT2D eigenvalue weighted by atomic mass is 10.3. The van der Waals surface area contributed by atoms with Crippen LogP contribution in [0.2, 0.25) is 0 Å². The first-order valence-electron chi connectivity index (χ1n) is 6.38. The van der Waals surface area contributed by atoms with E-state index in [1.807, 2.05) is 6.92 Å². The molecule has 0 fully saturated rings. The number of hydrogen-bond donors (Lipinski definition) is 3. The first-order chi connectivity index (χ1) is 10.1. The molecule has 0 saturated carbocycles. The Bertz CT molecular complexity index is 700. The molecule has 4 N–H and O–H groups in total. The summed E-state index contributed by atoms with van der Waals surface area (Å²) in [6.07, 6.45) is 0. The molecule has 0 spiro atoms. The van der Waals surface area contributed by atoms with Gasteiger partial charge in [-0.15, -0.1) is 0 Å². The van der Waals surface area contributed by atoms with Gasteiger partial charge >= 0.3 is 0 Å². The van der Waals surface area contributed by atoms with E-state index in [4.69, 9.17) is 10.6 Å². The fourth-order valence-corrected chi connectivity index (χ4v) is 3.05. The van der Waals surface area contributed by atoms with Gasteiger partial charge in [0.05, 0.1) is 12.3 Å². The molecule has 0 unspecified atom stereocenters. The average molecular weight is 307 g/mol. The molecule has 2 aromatic rings. The summed E-state index contributed by atoms with van der Waals surface area (Å²) in [5.41, 5.74) is 3.15. The van der Waals surface area contributed by atoms with Crippen LogP contribution in [0.5, 0.6) is 5.75 Å². The van der Waals surface area contributed by atoms with Gasteiger partial charge in [-0.3, -0.25) is 10.6 Å². The van der Waals surface area contributed by atoms with Crippen LogP contribution in [-0.2, 0) is 10.0 Å². The normalized spacial score (nSPS) is 11.0. The van der Waals surface area contributed by atoms with Crippen molar-refractivity contribution in [3.63, 3.8) is 0 Å². The van der Waals surface area contributed by atoms with Gasteiger partial charge in [-0.25, -0.2) is 8.42 Å². The average Bonchev–Trinajstić information content (AvgIpc) is 2.49. The molecule has 7 heteroatoms. The maximum Gasteiger partial charge on any atom is 0.264 e. The number of nitrogens with one attached hydrogen (secondary N) is 2. The highest BCUT2D eigenvalue weighted by molar-refractivity contribution is 7.92. The van der Waals surface area contributed by atoms with Gasteiger partial charge in [-0.1, -0.05) is 12.1 Å². The van der Waals surface area contributed by atoms with Gasteiger partial charge in [0, 0.05) is 5.69 Å². The number of anilines is 2. The molecule has 0 aromatic heterocycles. The Hall–Kier alpha value is -2.25. The van der Waals surface area contributed by atoms with E-state index in [1.54, 1.807) is 42.5 Å². The summed E-state index contributed by atoms with van der Waals surface area (Å²) in [6, 6.07) is 13.1. The number of nitrogen functional groups attached to an aromatic ring is 1. The van der Waals surface area contributed by atoms with Crippen molar-refractivity contribution in [2.45, 2.75) is 11.8 Å². The van der Waals surface area contributed by atoms with E-state index in [1.165, 1.54) is 6.07 Å². The zero-order valence-electron chi connectivity index (χ0n) is 11.5. The van der Waals surface area contributed by atoms with E-state index in [0.29, 0.717) is 23.7 Å². The smallest absolute Gasteiger partial charge is 0.264 e. The molecule has 2 rings (SSSR count). The molecule has 21 heavy (non-hydrogen) atoms. The Morgan fingerprint density at radius 1 is 1.10 bits per heavy atom. The number of hydrazine groups is 1. The summed E-state index contributed by atoms with van der Waals surface area (Å²) in [5, 5.41) is 0. The summed E-state index contributed by atoms with van der Waals surface area (Å²) in [7, 11) is -3.71. The second-order valence-electron chi connectivity index (χ2n) is 4.20. The third kappa shape index (κ3) is 3.65. The Labute approximate surface area is 124 Å². The van der Waals surface area contributed by atoms with Crippen molar-refractivity contribution >= 4 is 21.4 Å². The van der Waals surface area contributed by atoms with Crippen molar-refractivity contribution in [1.82, 2.24) is 0 Å². The van der Waals surface area contributed by atoms with Crippen LogP contribution in [0.25, 0.3) is 0 Å². The predicted octanol–water partition coefficient (Wildman–Crippen LogP) is 2.17. The highest BCUT2D eigenvalue weighted by atomic mass is 32.2. The maximum absolute atomic E-state index is 12.4. The molecule has 0 heterocycles. The topological polar surface area (TPSA) is 93.4 Å². The van der Waals surface area contributed by atoms with Gasteiger partial charge in [-0.05, 0) is 43.3 Å². The molecular weight excluding hydrogens is 290 g/mol. The van der Waals surface area contributed by atoms with E-state index in [-0.39, 0.29) is 4.90 Å². The SMILES string of the molecule is CCOc1ccc(NS(=O)(=O)c2ccccc2NN)cc1. The summed E-state index contributed by atoms with van der Waals surface area (Å²) in [6.45, 7) is 2.44. The molecular formula is C14H17N3O3S. The van der Waals surface area contributed by atoms with Crippen LogP contribution in [0.1, 0.15) is 6.92 Å². The lowest BCUT2D eigenvalue weighted by Crippen LogP contribution is -2.17. The van der Waals surface area contributed by atoms with E-state index in [0.717, 1.165) is 0 Å². The fraction of sp³-hybridized carbons (Fsp3) is 0.143. The first-order valence-corrected chi connectivity index (χ1v) is 7.86. The molecule has 0 aliphatic rings.